The third-order valence-corrected chi connectivity index (χ3v) is 6.04. The zero-order valence-electron chi connectivity index (χ0n) is 21.4. The summed E-state index contributed by atoms with van der Waals surface area (Å²) in [6.45, 7) is 8.04. The van der Waals surface area contributed by atoms with Crippen LogP contribution in [0.5, 0.6) is 0 Å². The van der Waals surface area contributed by atoms with Crippen LogP contribution in [0.25, 0.3) is 0 Å². The number of carbonyl (C=O) groups is 2. The number of aromatic carboxylic acids is 2. The molecular formula is C30H28N2O4Zn. The van der Waals surface area contributed by atoms with Crippen LogP contribution < -0.4 is 20.8 Å². The zero-order chi connectivity index (χ0) is 26.2. The molecule has 0 unspecified atom stereocenters. The Kier molecular flexibility index (Phi) is 10.6. The molecule has 4 aromatic carbocycles. The van der Waals surface area contributed by atoms with E-state index in [4.69, 9.17) is 0 Å². The summed E-state index contributed by atoms with van der Waals surface area (Å²) in [4.78, 5) is 22.0. The van der Waals surface area contributed by atoms with Crippen molar-refractivity contribution in [3.05, 3.63) is 118 Å². The SMILES string of the molecule is Cc1cccc(Nc2ccccc2C(=O)[O-])c1C.Cc1cccc(Nc2ccccc2C(=O)[O-])c1C.[Zn+2]. The molecule has 0 aliphatic carbocycles. The molecule has 2 N–H and O–H groups in total. The van der Waals surface area contributed by atoms with Crippen molar-refractivity contribution in [1.29, 1.82) is 0 Å². The van der Waals surface area contributed by atoms with E-state index in [9.17, 15) is 19.8 Å². The number of anilines is 4. The molecule has 0 saturated carbocycles. The second kappa shape index (κ2) is 13.4. The van der Waals surface area contributed by atoms with Crippen molar-refractivity contribution in [2.45, 2.75) is 27.7 Å². The van der Waals surface area contributed by atoms with Gasteiger partial charge < -0.3 is 30.4 Å². The minimum atomic E-state index is -1.18. The maximum Gasteiger partial charge on any atom is 2.00 e. The van der Waals surface area contributed by atoms with E-state index in [-0.39, 0.29) is 30.6 Å². The fourth-order valence-corrected chi connectivity index (χ4v) is 3.60. The second-order valence-corrected chi connectivity index (χ2v) is 8.41. The Morgan fingerprint density at radius 2 is 0.838 bits per heavy atom. The first-order valence-electron chi connectivity index (χ1n) is 11.5. The van der Waals surface area contributed by atoms with Crippen LogP contribution in [-0.4, -0.2) is 11.9 Å². The molecule has 0 spiro atoms. The van der Waals surface area contributed by atoms with Crippen LogP contribution in [-0.2, 0) is 19.5 Å². The van der Waals surface area contributed by atoms with Crippen molar-refractivity contribution in [1.82, 2.24) is 0 Å². The number of carbonyl (C=O) groups excluding carboxylic acids is 2. The molecule has 0 aliphatic heterocycles. The van der Waals surface area contributed by atoms with E-state index in [2.05, 4.69) is 10.6 Å². The van der Waals surface area contributed by atoms with Crippen molar-refractivity contribution in [2.24, 2.45) is 0 Å². The van der Waals surface area contributed by atoms with Crippen molar-refractivity contribution < 1.29 is 39.3 Å². The number of rotatable bonds is 6. The van der Waals surface area contributed by atoms with Crippen LogP contribution >= 0.6 is 0 Å². The molecule has 0 atom stereocenters. The molecule has 0 radical (unpaired) electrons. The molecule has 37 heavy (non-hydrogen) atoms. The first-order chi connectivity index (χ1) is 17.2. The van der Waals surface area contributed by atoms with E-state index in [1.165, 1.54) is 12.1 Å². The molecule has 4 rings (SSSR count). The van der Waals surface area contributed by atoms with Gasteiger partial charge in [-0.2, -0.15) is 0 Å². The monoisotopic (exact) mass is 544 g/mol. The van der Waals surface area contributed by atoms with Crippen molar-refractivity contribution in [2.75, 3.05) is 10.6 Å². The fraction of sp³-hybridized carbons (Fsp3) is 0.133. The minimum absolute atomic E-state index is 0. The number of para-hydroxylation sites is 2. The van der Waals surface area contributed by atoms with Gasteiger partial charge >= 0.3 is 19.5 Å². The number of nitrogens with one attached hydrogen (secondary N) is 2. The zero-order valence-corrected chi connectivity index (χ0v) is 24.4. The van der Waals surface area contributed by atoms with Gasteiger partial charge in [-0.15, -0.1) is 0 Å². The molecule has 0 amide bonds. The number of carboxylic acid groups (broad SMARTS) is 2. The number of benzene rings is 4. The quantitative estimate of drug-likeness (QED) is 0.337. The van der Waals surface area contributed by atoms with Crippen molar-refractivity contribution >= 4 is 34.7 Å². The van der Waals surface area contributed by atoms with Crippen LogP contribution in [0.3, 0.4) is 0 Å². The molecule has 7 heteroatoms. The van der Waals surface area contributed by atoms with Crippen LogP contribution in [0.4, 0.5) is 22.7 Å². The Bertz CT molecular complexity index is 1300. The Hall–Kier alpha value is -3.96. The predicted molar refractivity (Wildman–Crippen MR) is 140 cm³/mol. The van der Waals surface area contributed by atoms with Gasteiger partial charge in [0.2, 0.25) is 0 Å². The van der Waals surface area contributed by atoms with E-state index < -0.39 is 11.9 Å². The summed E-state index contributed by atoms with van der Waals surface area (Å²) in [7, 11) is 0. The van der Waals surface area contributed by atoms with E-state index in [0.29, 0.717) is 11.4 Å². The maximum atomic E-state index is 11.0. The van der Waals surface area contributed by atoms with E-state index in [1.807, 2.05) is 64.1 Å². The maximum absolute atomic E-state index is 11.0. The Morgan fingerprint density at radius 3 is 1.19 bits per heavy atom. The third-order valence-electron chi connectivity index (χ3n) is 6.04. The first kappa shape index (κ1) is 29.3. The summed E-state index contributed by atoms with van der Waals surface area (Å²) in [6.07, 6.45) is 0. The molecule has 0 aliphatic rings. The summed E-state index contributed by atoms with van der Waals surface area (Å²) in [5, 5.41) is 28.3. The third kappa shape index (κ3) is 7.51. The second-order valence-electron chi connectivity index (χ2n) is 8.41. The van der Waals surface area contributed by atoms with E-state index in [1.54, 1.807) is 36.4 Å². The van der Waals surface area contributed by atoms with Gasteiger partial charge in [-0.25, -0.2) is 0 Å². The summed E-state index contributed by atoms with van der Waals surface area (Å²) in [5.41, 5.74) is 7.76. The van der Waals surface area contributed by atoms with Crippen molar-refractivity contribution in [3.63, 3.8) is 0 Å². The molecule has 0 aromatic heterocycles. The molecular weight excluding hydrogens is 518 g/mol. The van der Waals surface area contributed by atoms with Gasteiger partial charge in [-0.1, -0.05) is 60.7 Å². The summed E-state index contributed by atoms with van der Waals surface area (Å²) < 4.78 is 0. The number of hydrogen-bond donors (Lipinski definition) is 2. The van der Waals surface area contributed by atoms with E-state index in [0.717, 1.165) is 33.6 Å². The molecule has 0 bridgehead atoms. The average Bonchev–Trinajstić information content (AvgIpc) is 2.86. The molecule has 0 saturated heterocycles. The summed E-state index contributed by atoms with van der Waals surface area (Å²) >= 11 is 0. The molecule has 4 aromatic rings. The molecule has 184 valence electrons. The topological polar surface area (TPSA) is 104 Å². The van der Waals surface area contributed by atoms with Gasteiger partial charge in [0.05, 0.1) is 11.9 Å². The van der Waals surface area contributed by atoms with Gasteiger partial charge in [0.1, 0.15) is 0 Å². The molecule has 0 heterocycles. The average molecular weight is 546 g/mol. The van der Waals surface area contributed by atoms with Crippen LogP contribution in [0, 0.1) is 27.7 Å². The van der Waals surface area contributed by atoms with Gasteiger partial charge in [0.25, 0.3) is 0 Å². The Labute approximate surface area is 230 Å². The smallest absolute Gasteiger partial charge is 0.545 e. The van der Waals surface area contributed by atoms with Crippen molar-refractivity contribution in [3.8, 4) is 0 Å². The number of carboxylic acids is 2. The Balaban J connectivity index is 0.000000253. The van der Waals surface area contributed by atoms with Crippen LogP contribution in [0.2, 0.25) is 0 Å². The van der Waals surface area contributed by atoms with E-state index >= 15 is 0 Å². The number of aryl methyl sites for hydroxylation is 2. The molecule has 6 nitrogen and oxygen atoms in total. The largest absolute Gasteiger partial charge is 2.00 e. The fourth-order valence-electron chi connectivity index (χ4n) is 3.60. The van der Waals surface area contributed by atoms with Gasteiger partial charge in [0, 0.05) is 33.9 Å². The van der Waals surface area contributed by atoms with Gasteiger partial charge in [-0.05, 0) is 74.2 Å². The number of hydrogen-bond acceptors (Lipinski definition) is 6. The normalized spacial score (nSPS) is 9.84. The summed E-state index contributed by atoms with van der Waals surface area (Å²) in [6, 6.07) is 25.2. The van der Waals surface area contributed by atoms with Gasteiger partial charge in [0.15, 0.2) is 0 Å². The first-order valence-corrected chi connectivity index (χ1v) is 11.5. The van der Waals surface area contributed by atoms with Crippen LogP contribution in [0.1, 0.15) is 43.0 Å². The predicted octanol–water partition coefficient (Wildman–Crippen LogP) is 4.82. The molecule has 0 fully saturated rings. The minimum Gasteiger partial charge on any atom is -0.545 e. The Morgan fingerprint density at radius 1 is 0.514 bits per heavy atom. The summed E-state index contributed by atoms with van der Waals surface area (Å²) in [5.74, 6) is -2.35. The standard InChI is InChI=1S/2C15H15NO2.Zn/c2*1-10-6-5-9-13(11(10)2)16-14-8-4-3-7-12(14)15(17)18;/h2*3-9,16H,1-2H3,(H,17,18);/q;;+2/p-2. The van der Waals surface area contributed by atoms with Gasteiger partial charge in [-0.3, -0.25) is 0 Å². The van der Waals surface area contributed by atoms with Crippen LogP contribution in [0.15, 0.2) is 84.9 Å².